The fourth-order valence-corrected chi connectivity index (χ4v) is 1.69. The zero-order valence-electron chi connectivity index (χ0n) is 10.3. The number of carbonyl (C=O) groups excluding carboxylic acids is 1. The third-order valence-corrected chi connectivity index (χ3v) is 2.46. The Bertz CT molecular complexity index is 383. The zero-order chi connectivity index (χ0) is 12.1. The number of hydrogen-bond acceptors (Lipinski definition) is 3. The highest BCUT2D eigenvalue weighted by Crippen LogP contribution is 2.32. The SMILES string of the molecule is CCCC(=O)c1cc(C)c(OC)c(OC)c1. The number of aryl methyl sites for hydroxylation is 1. The van der Waals surface area contributed by atoms with Crippen LogP contribution < -0.4 is 9.47 Å². The quantitative estimate of drug-likeness (QED) is 0.718. The minimum Gasteiger partial charge on any atom is -0.493 e. The molecule has 0 radical (unpaired) electrons. The maximum Gasteiger partial charge on any atom is 0.163 e. The predicted octanol–water partition coefficient (Wildman–Crippen LogP) is 3.00. The van der Waals surface area contributed by atoms with Gasteiger partial charge < -0.3 is 9.47 Å². The van der Waals surface area contributed by atoms with E-state index in [0.717, 1.165) is 12.0 Å². The molecule has 0 heterocycles. The Kier molecular flexibility index (Phi) is 4.35. The van der Waals surface area contributed by atoms with Crippen LogP contribution in [-0.4, -0.2) is 20.0 Å². The summed E-state index contributed by atoms with van der Waals surface area (Å²) < 4.78 is 10.4. The number of ether oxygens (including phenoxy) is 2. The van der Waals surface area contributed by atoms with Crippen molar-refractivity contribution in [2.24, 2.45) is 0 Å². The number of carbonyl (C=O) groups is 1. The summed E-state index contributed by atoms with van der Waals surface area (Å²) in [5, 5.41) is 0. The fraction of sp³-hybridized carbons (Fsp3) is 0.462. The number of methoxy groups -OCH3 is 2. The Morgan fingerprint density at radius 3 is 2.44 bits per heavy atom. The molecular weight excluding hydrogens is 204 g/mol. The van der Waals surface area contributed by atoms with Gasteiger partial charge in [-0.1, -0.05) is 6.92 Å². The molecular formula is C13H18O3. The molecule has 0 bridgehead atoms. The molecule has 0 aromatic heterocycles. The van der Waals surface area contributed by atoms with Crippen LogP contribution in [0.4, 0.5) is 0 Å². The van der Waals surface area contributed by atoms with Crippen molar-refractivity contribution in [1.29, 1.82) is 0 Å². The van der Waals surface area contributed by atoms with Gasteiger partial charge in [0.1, 0.15) is 0 Å². The molecule has 0 atom stereocenters. The maximum atomic E-state index is 11.8. The van der Waals surface area contributed by atoms with Gasteiger partial charge in [-0.2, -0.15) is 0 Å². The van der Waals surface area contributed by atoms with Crippen molar-refractivity contribution in [2.45, 2.75) is 26.7 Å². The topological polar surface area (TPSA) is 35.5 Å². The Hall–Kier alpha value is -1.51. The van der Waals surface area contributed by atoms with Crippen LogP contribution in [-0.2, 0) is 0 Å². The standard InChI is InChI=1S/C13H18O3/c1-5-6-11(14)10-7-9(2)13(16-4)12(8-10)15-3/h7-8H,5-6H2,1-4H3. The van der Waals surface area contributed by atoms with Gasteiger partial charge in [0.2, 0.25) is 0 Å². The molecule has 0 fully saturated rings. The highest BCUT2D eigenvalue weighted by Gasteiger charge is 2.13. The van der Waals surface area contributed by atoms with Crippen molar-refractivity contribution in [3.05, 3.63) is 23.3 Å². The van der Waals surface area contributed by atoms with E-state index in [-0.39, 0.29) is 5.78 Å². The second-order valence-corrected chi connectivity index (χ2v) is 3.70. The number of Topliss-reactive ketones (excluding diaryl/α,β-unsaturated/α-hetero) is 1. The Labute approximate surface area is 96.4 Å². The summed E-state index contributed by atoms with van der Waals surface area (Å²) in [7, 11) is 3.17. The van der Waals surface area contributed by atoms with Gasteiger partial charge in [-0.15, -0.1) is 0 Å². The van der Waals surface area contributed by atoms with Crippen LogP contribution in [0.25, 0.3) is 0 Å². The number of rotatable bonds is 5. The van der Waals surface area contributed by atoms with Crippen molar-refractivity contribution in [3.8, 4) is 11.5 Å². The Morgan fingerprint density at radius 1 is 1.25 bits per heavy atom. The summed E-state index contributed by atoms with van der Waals surface area (Å²) in [5.74, 6) is 1.45. The third kappa shape index (κ3) is 2.54. The van der Waals surface area contributed by atoms with Gasteiger partial charge in [0.15, 0.2) is 17.3 Å². The lowest BCUT2D eigenvalue weighted by molar-refractivity contribution is 0.0981. The molecule has 1 aromatic carbocycles. The van der Waals surface area contributed by atoms with E-state index in [1.54, 1.807) is 20.3 Å². The van der Waals surface area contributed by atoms with E-state index in [1.165, 1.54) is 0 Å². The smallest absolute Gasteiger partial charge is 0.163 e. The molecule has 0 unspecified atom stereocenters. The lowest BCUT2D eigenvalue weighted by Crippen LogP contribution is -2.01. The summed E-state index contributed by atoms with van der Waals surface area (Å²) >= 11 is 0. The molecule has 0 spiro atoms. The molecule has 0 aliphatic rings. The first-order valence-corrected chi connectivity index (χ1v) is 5.39. The second-order valence-electron chi connectivity index (χ2n) is 3.70. The van der Waals surface area contributed by atoms with Crippen LogP contribution in [0.1, 0.15) is 35.7 Å². The van der Waals surface area contributed by atoms with Gasteiger partial charge >= 0.3 is 0 Å². The first-order valence-electron chi connectivity index (χ1n) is 5.39. The fourth-order valence-electron chi connectivity index (χ4n) is 1.69. The minimum absolute atomic E-state index is 0.145. The van der Waals surface area contributed by atoms with E-state index in [4.69, 9.17) is 9.47 Å². The molecule has 1 rings (SSSR count). The number of ketones is 1. The molecule has 0 aliphatic carbocycles. The first-order chi connectivity index (χ1) is 7.63. The molecule has 0 saturated carbocycles. The zero-order valence-corrected chi connectivity index (χ0v) is 10.3. The van der Waals surface area contributed by atoms with E-state index in [1.807, 2.05) is 19.9 Å². The lowest BCUT2D eigenvalue weighted by Gasteiger charge is -2.12. The van der Waals surface area contributed by atoms with Crippen molar-refractivity contribution < 1.29 is 14.3 Å². The van der Waals surface area contributed by atoms with Crippen molar-refractivity contribution in [2.75, 3.05) is 14.2 Å². The van der Waals surface area contributed by atoms with Crippen LogP contribution in [0, 0.1) is 6.92 Å². The molecule has 3 heteroatoms. The van der Waals surface area contributed by atoms with Crippen LogP contribution in [0.2, 0.25) is 0 Å². The molecule has 88 valence electrons. The summed E-state index contributed by atoms with van der Waals surface area (Å²) in [5.41, 5.74) is 1.61. The lowest BCUT2D eigenvalue weighted by atomic mass is 10.0. The minimum atomic E-state index is 0.145. The highest BCUT2D eigenvalue weighted by atomic mass is 16.5. The monoisotopic (exact) mass is 222 g/mol. The van der Waals surface area contributed by atoms with Crippen LogP contribution >= 0.6 is 0 Å². The average Bonchev–Trinajstić information content (AvgIpc) is 2.28. The summed E-state index contributed by atoms with van der Waals surface area (Å²) in [6, 6.07) is 3.59. The molecule has 1 aromatic rings. The van der Waals surface area contributed by atoms with E-state index >= 15 is 0 Å². The van der Waals surface area contributed by atoms with Crippen molar-refractivity contribution in [3.63, 3.8) is 0 Å². The van der Waals surface area contributed by atoms with E-state index in [0.29, 0.717) is 23.5 Å². The van der Waals surface area contributed by atoms with Crippen molar-refractivity contribution >= 4 is 5.78 Å². The van der Waals surface area contributed by atoms with E-state index < -0.39 is 0 Å². The van der Waals surface area contributed by atoms with Gasteiger partial charge in [0.05, 0.1) is 14.2 Å². The number of benzene rings is 1. The summed E-state index contributed by atoms with van der Waals surface area (Å²) in [4.78, 5) is 11.8. The Morgan fingerprint density at radius 2 is 1.94 bits per heavy atom. The first kappa shape index (κ1) is 12.6. The third-order valence-electron chi connectivity index (χ3n) is 2.46. The maximum absolute atomic E-state index is 11.8. The van der Waals surface area contributed by atoms with E-state index in [2.05, 4.69) is 0 Å². The average molecular weight is 222 g/mol. The molecule has 0 aliphatic heterocycles. The van der Waals surface area contributed by atoms with Crippen LogP contribution in [0.5, 0.6) is 11.5 Å². The molecule has 0 N–H and O–H groups in total. The van der Waals surface area contributed by atoms with Crippen LogP contribution in [0.3, 0.4) is 0 Å². The summed E-state index contributed by atoms with van der Waals surface area (Å²) in [6.07, 6.45) is 1.42. The van der Waals surface area contributed by atoms with Gasteiger partial charge in [0.25, 0.3) is 0 Å². The van der Waals surface area contributed by atoms with Crippen molar-refractivity contribution in [1.82, 2.24) is 0 Å². The summed E-state index contributed by atoms with van der Waals surface area (Å²) in [6.45, 7) is 3.90. The second kappa shape index (κ2) is 5.54. The van der Waals surface area contributed by atoms with Gasteiger partial charge in [0, 0.05) is 12.0 Å². The van der Waals surface area contributed by atoms with Gasteiger partial charge in [-0.05, 0) is 31.0 Å². The Balaban J connectivity index is 3.15. The van der Waals surface area contributed by atoms with Gasteiger partial charge in [-0.3, -0.25) is 4.79 Å². The normalized spacial score (nSPS) is 10.0. The molecule has 0 amide bonds. The molecule has 16 heavy (non-hydrogen) atoms. The largest absolute Gasteiger partial charge is 0.493 e. The predicted molar refractivity (Wildman–Crippen MR) is 63.5 cm³/mol. The number of hydrogen-bond donors (Lipinski definition) is 0. The van der Waals surface area contributed by atoms with E-state index in [9.17, 15) is 4.79 Å². The molecule has 3 nitrogen and oxygen atoms in total. The van der Waals surface area contributed by atoms with Gasteiger partial charge in [-0.25, -0.2) is 0 Å². The highest BCUT2D eigenvalue weighted by molar-refractivity contribution is 5.97. The molecule has 0 saturated heterocycles. The van der Waals surface area contributed by atoms with Crippen LogP contribution in [0.15, 0.2) is 12.1 Å².